The van der Waals surface area contributed by atoms with Gasteiger partial charge in [-0.15, -0.1) is 0 Å². The molecule has 0 saturated carbocycles. The molecule has 3 aromatic rings. The summed E-state index contributed by atoms with van der Waals surface area (Å²) in [5.74, 6) is 0. The summed E-state index contributed by atoms with van der Waals surface area (Å²) in [6.07, 6.45) is 3.47. The van der Waals surface area contributed by atoms with Crippen molar-refractivity contribution in [1.82, 2.24) is 4.98 Å². The van der Waals surface area contributed by atoms with Crippen LogP contribution in [0.4, 0.5) is 0 Å². The molecule has 0 amide bonds. The molecule has 4 rings (SSSR count). The zero-order valence-corrected chi connectivity index (χ0v) is 12.0. The van der Waals surface area contributed by atoms with Crippen LogP contribution in [0.1, 0.15) is 28.7 Å². The van der Waals surface area contributed by atoms with Crippen molar-refractivity contribution >= 4 is 10.9 Å². The fraction of sp³-hybridized carbons (Fsp3) is 0.211. The summed E-state index contributed by atoms with van der Waals surface area (Å²) in [7, 11) is 0. The minimum Gasteiger partial charge on any atom is -0.380 e. The van der Waals surface area contributed by atoms with Crippen LogP contribution in [0, 0.1) is 6.92 Å². The molecule has 2 heteroatoms. The average Bonchev–Trinajstić information content (AvgIpc) is 2.85. The van der Waals surface area contributed by atoms with Crippen LogP contribution in [0.3, 0.4) is 0 Å². The molecule has 104 valence electrons. The molecule has 0 bridgehead atoms. The molecular weight excluding hydrogens is 258 g/mol. The Kier molecular flexibility index (Phi) is 2.63. The molecular formula is C19H17NO. The highest BCUT2D eigenvalue weighted by Crippen LogP contribution is 2.42. The molecule has 1 aromatic heterocycles. The van der Waals surface area contributed by atoms with Crippen molar-refractivity contribution in [1.29, 1.82) is 0 Å². The van der Waals surface area contributed by atoms with Gasteiger partial charge in [-0.1, -0.05) is 35.9 Å². The van der Waals surface area contributed by atoms with Crippen LogP contribution in [0.25, 0.3) is 10.9 Å². The van der Waals surface area contributed by atoms with Gasteiger partial charge in [-0.3, -0.25) is 4.98 Å². The molecule has 2 aromatic carbocycles. The van der Waals surface area contributed by atoms with Gasteiger partial charge in [-0.25, -0.2) is 0 Å². The first-order valence-corrected chi connectivity index (χ1v) is 7.34. The molecule has 0 spiro atoms. The predicted molar refractivity (Wildman–Crippen MR) is 84.2 cm³/mol. The zero-order chi connectivity index (χ0) is 14.4. The maximum Gasteiger partial charge on any atom is 0.115 e. The number of pyridine rings is 1. The van der Waals surface area contributed by atoms with E-state index < -0.39 is 5.60 Å². The van der Waals surface area contributed by atoms with Crippen molar-refractivity contribution in [2.24, 2.45) is 0 Å². The van der Waals surface area contributed by atoms with Crippen LogP contribution < -0.4 is 0 Å². The number of fused-ring (bicyclic) bond motifs is 2. The van der Waals surface area contributed by atoms with Gasteiger partial charge in [0.15, 0.2) is 0 Å². The van der Waals surface area contributed by atoms with E-state index in [9.17, 15) is 5.11 Å². The molecule has 21 heavy (non-hydrogen) atoms. The second-order valence-corrected chi connectivity index (χ2v) is 5.93. The SMILES string of the molecule is Cc1ccc2c(c1)C(O)(c1ccc3ncccc3c1)CC2. The molecule has 1 atom stereocenters. The molecule has 1 heterocycles. The number of aliphatic hydroxyl groups is 1. The first-order valence-electron chi connectivity index (χ1n) is 7.34. The van der Waals surface area contributed by atoms with Crippen molar-refractivity contribution in [3.63, 3.8) is 0 Å². The molecule has 1 unspecified atom stereocenters. The fourth-order valence-electron chi connectivity index (χ4n) is 3.38. The molecule has 1 N–H and O–H groups in total. The average molecular weight is 275 g/mol. The first-order chi connectivity index (χ1) is 10.2. The Balaban J connectivity index is 1.91. The monoisotopic (exact) mass is 275 g/mol. The topological polar surface area (TPSA) is 33.1 Å². The summed E-state index contributed by atoms with van der Waals surface area (Å²) in [6, 6.07) is 16.4. The third-order valence-electron chi connectivity index (χ3n) is 4.55. The first kappa shape index (κ1) is 12.5. The summed E-state index contributed by atoms with van der Waals surface area (Å²) in [5, 5.41) is 12.4. The Labute approximate surface area is 124 Å². The van der Waals surface area contributed by atoms with Gasteiger partial charge in [0.05, 0.1) is 5.52 Å². The number of aromatic nitrogens is 1. The van der Waals surface area contributed by atoms with Crippen LogP contribution >= 0.6 is 0 Å². The number of rotatable bonds is 1. The summed E-state index contributed by atoms with van der Waals surface area (Å²) in [5.41, 5.74) is 4.57. The standard InChI is InChI=1S/C19H17NO/c1-13-4-5-14-8-9-19(21,17(14)11-13)16-6-7-18-15(12-16)3-2-10-20-18/h2-7,10-12,21H,8-9H2,1H3. The highest BCUT2D eigenvalue weighted by atomic mass is 16.3. The van der Waals surface area contributed by atoms with Gasteiger partial charge in [0.1, 0.15) is 5.60 Å². The second kappa shape index (κ2) is 4.40. The Hall–Kier alpha value is -2.19. The zero-order valence-electron chi connectivity index (χ0n) is 12.0. The third-order valence-corrected chi connectivity index (χ3v) is 4.55. The van der Waals surface area contributed by atoms with E-state index in [4.69, 9.17) is 0 Å². The Morgan fingerprint density at radius 3 is 2.90 bits per heavy atom. The van der Waals surface area contributed by atoms with Crippen molar-refractivity contribution in [2.75, 3.05) is 0 Å². The minimum absolute atomic E-state index is 0.748. The van der Waals surface area contributed by atoms with E-state index in [2.05, 4.69) is 36.2 Å². The summed E-state index contributed by atoms with van der Waals surface area (Å²) in [6.45, 7) is 2.07. The molecule has 0 radical (unpaired) electrons. The second-order valence-electron chi connectivity index (χ2n) is 5.93. The maximum absolute atomic E-state index is 11.3. The minimum atomic E-state index is -0.870. The number of hydrogen-bond donors (Lipinski definition) is 1. The van der Waals surface area contributed by atoms with Gasteiger partial charge < -0.3 is 5.11 Å². The van der Waals surface area contributed by atoms with E-state index in [1.165, 1.54) is 11.1 Å². The lowest BCUT2D eigenvalue weighted by Gasteiger charge is -2.25. The van der Waals surface area contributed by atoms with Crippen LogP contribution in [0.5, 0.6) is 0 Å². The number of aryl methyl sites for hydroxylation is 2. The number of hydrogen-bond acceptors (Lipinski definition) is 2. The molecule has 2 nitrogen and oxygen atoms in total. The lowest BCUT2D eigenvalue weighted by Crippen LogP contribution is -2.23. The Bertz CT molecular complexity index is 840. The van der Waals surface area contributed by atoms with Crippen molar-refractivity contribution in [3.8, 4) is 0 Å². The number of benzene rings is 2. The smallest absolute Gasteiger partial charge is 0.115 e. The predicted octanol–water partition coefficient (Wildman–Crippen LogP) is 3.73. The van der Waals surface area contributed by atoms with E-state index in [-0.39, 0.29) is 0 Å². The van der Waals surface area contributed by atoms with Gasteiger partial charge in [0.25, 0.3) is 0 Å². The van der Waals surface area contributed by atoms with Crippen LogP contribution in [-0.4, -0.2) is 10.1 Å². The lowest BCUT2D eigenvalue weighted by molar-refractivity contribution is 0.0830. The third kappa shape index (κ3) is 1.87. The van der Waals surface area contributed by atoms with Gasteiger partial charge in [-0.05, 0) is 54.7 Å². The summed E-state index contributed by atoms with van der Waals surface area (Å²) >= 11 is 0. The quantitative estimate of drug-likeness (QED) is 0.734. The molecule has 1 aliphatic rings. The van der Waals surface area contributed by atoms with Crippen molar-refractivity contribution in [2.45, 2.75) is 25.4 Å². The van der Waals surface area contributed by atoms with Crippen LogP contribution in [0.15, 0.2) is 54.7 Å². The molecule has 0 aliphatic heterocycles. The molecule has 0 fully saturated rings. The highest BCUT2D eigenvalue weighted by Gasteiger charge is 2.38. The number of nitrogens with zero attached hydrogens (tertiary/aromatic N) is 1. The summed E-state index contributed by atoms with van der Waals surface area (Å²) in [4.78, 5) is 4.35. The molecule has 0 saturated heterocycles. The Morgan fingerprint density at radius 1 is 1.10 bits per heavy atom. The van der Waals surface area contributed by atoms with Gasteiger partial charge in [0, 0.05) is 11.6 Å². The van der Waals surface area contributed by atoms with E-state index in [1.807, 2.05) is 24.3 Å². The normalized spacial score (nSPS) is 20.7. The highest BCUT2D eigenvalue weighted by molar-refractivity contribution is 5.79. The van der Waals surface area contributed by atoms with Crippen LogP contribution in [-0.2, 0) is 12.0 Å². The van der Waals surface area contributed by atoms with Crippen molar-refractivity contribution < 1.29 is 5.11 Å². The van der Waals surface area contributed by atoms with E-state index in [0.717, 1.165) is 34.9 Å². The van der Waals surface area contributed by atoms with E-state index >= 15 is 0 Å². The van der Waals surface area contributed by atoms with E-state index in [0.29, 0.717) is 0 Å². The Morgan fingerprint density at radius 2 is 2.00 bits per heavy atom. The van der Waals surface area contributed by atoms with Crippen molar-refractivity contribution in [3.05, 3.63) is 77.0 Å². The fourth-order valence-corrected chi connectivity index (χ4v) is 3.38. The van der Waals surface area contributed by atoms with Gasteiger partial charge >= 0.3 is 0 Å². The summed E-state index contributed by atoms with van der Waals surface area (Å²) < 4.78 is 0. The molecule has 1 aliphatic carbocycles. The lowest BCUT2D eigenvalue weighted by atomic mass is 9.86. The largest absolute Gasteiger partial charge is 0.380 e. The van der Waals surface area contributed by atoms with Gasteiger partial charge in [0.2, 0.25) is 0 Å². The van der Waals surface area contributed by atoms with Crippen LogP contribution in [0.2, 0.25) is 0 Å². The maximum atomic E-state index is 11.3. The van der Waals surface area contributed by atoms with E-state index in [1.54, 1.807) is 6.20 Å². The van der Waals surface area contributed by atoms with Gasteiger partial charge in [-0.2, -0.15) is 0 Å².